The van der Waals surface area contributed by atoms with Gasteiger partial charge in [-0.3, -0.25) is 0 Å². The first-order chi connectivity index (χ1) is 1.91. The van der Waals surface area contributed by atoms with Crippen molar-refractivity contribution < 1.29 is 2.85 Å². The molecule has 0 bridgehead atoms. The van der Waals surface area contributed by atoms with Gasteiger partial charge >= 0.3 is 23.1 Å². The average molecular weight is 105 g/mol. The van der Waals surface area contributed by atoms with Gasteiger partial charge in [-0.25, -0.2) is 0 Å². The van der Waals surface area contributed by atoms with Crippen molar-refractivity contribution in [3.05, 3.63) is 0 Å². The van der Waals surface area contributed by atoms with Crippen LogP contribution in [-0.2, 0) is 0 Å². The molecule has 0 nitrogen and oxygen atoms in total. The fraction of sp³-hybridized carbons (Fsp3) is 1.00. The summed E-state index contributed by atoms with van der Waals surface area (Å²) in [5.74, 6) is 0.792. The molecular weight excluding hydrogens is 95.8 g/mol. The van der Waals surface area contributed by atoms with Gasteiger partial charge in [-0.15, -0.1) is 11.6 Å². The predicted octanol–water partition coefficient (Wildman–Crippen LogP) is 1.48. The number of alkyl halides is 1. The van der Waals surface area contributed by atoms with E-state index in [1.807, 2.05) is 6.92 Å². The first-order valence-corrected chi connectivity index (χ1v) is 2.01. The van der Waals surface area contributed by atoms with Crippen LogP contribution < -0.4 is 0 Å². The maximum absolute atomic E-state index is 5.19. The van der Waals surface area contributed by atoms with Crippen LogP contribution in [0.4, 0.5) is 0 Å². The predicted molar refractivity (Wildman–Crippen MR) is 29.0 cm³/mol. The summed E-state index contributed by atoms with van der Waals surface area (Å²) in [6.07, 6.45) is 1.08. The van der Waals surface area contributed by atoms with Crippen LogP contribution >= 0.6 is 11.6 Å². The molecule has 0 amide bonds. The Hall–Kier alpha value is 1.06. The molecule has 0 aliphatic carbocycles. The van der Waals surface area contributed by atoms with Crippen LogP contribution in [0.3, 0.4) is 0 Å². The van der Waals surface area contributed by atoms with Crippen LogP contribution in [0.25, 0.3) is 0 Å². The van der Waals surface area contributed by atoms with Crippen molar-refractivity contribution in [2.24, 2.45) is 0 Å². The van der Waals surface area contributed by atoms with E-state index in [-0.39, 0.29) is 25.9 Å². The Balaban J connectivity index is -0.0000000150. The van der Waals surface area contributed by atoms with Crippen molar-refractivity contribution in [2.45, 2.75) is 13.3 Å². The molecule has 0 unspecified atom stereocenters. The molecule has 30 valence electrons. The van der Waals surface area contributed by atoms with Gasteiger partial charge in [0.15, 0.2) is 0 Å². The Bertz CT molecular complexity index is 14.9. The van der Waals surface area contributed by atoms with Crippen molar-refractivity contribution in [1.29, 1.82) is 0 Å². The fourth-order valence-corrected chi connectivity index (χ4v) is 0. The minimum absolute atomic E-state index is 0. The Morgan fingerprint density at radius 1 is 1.80 bits per heavy atom. The Morgan fingerprint density at radius 2 is 2.00 bits per heavy atom. The first kappa shape index (κ1) is 9.41. The number of rotatable bonds is 1. The summed E-state index contributed by atoms with van der Waals surface area (Å²) in [6, 6.07) is 0. The summed E-state index contributed by atoms with van der Waals surface area (Å²) >= 11 is 5.19. The zero-order chi connectivity index (χ0) is 3.41. The molecule has 0 fully saturated rings. The van der Waals surface area contributed by atoms with Gasteiger partial charge in [-0.2, -0.15) is 0 Å². The minimum atomic E-state index is 0. The standard InChI is InChI=1S/C3H7Cl.Mg.2H/c1-2-3-4;;;/h2-3H2,1H3;;;/q;+2;2*-1. The third-order valence-corrected chi connectivity index (χ3v) is 0.567. The summed E-state index contributed by atoms with van der Waals surface area (Å²) in [6.45, 7) is 2.05. The molecule has 0 spiro atoms. The van der Waals surface area contributed by atoms with E-state index in [0.29, 0.717) is 0 Å². The van der Waals surface area contributed by atoms with E-state index in [1.165, 1.54) is 0 Å². The molecule has 0 aromatic carbocycles. The van der Waals surface area contributed by atoms with Crippen LogP contribution in [-0.4, -0.2) is 28.9 Å². The summed E-state index contributed by atoms with van der Waals surface area (Å²) < 4.78 is 0. The molecule has 0 saturated heterocycles. The Morgan fingerprint density at radius 3 is 2.00 bits per heavy atom. The molecule has 2 heteroatoms. The third kappa shape index (κ3) is 11.2. The number of hydrogen-bond donors (Lipinski definition) is 0. The summed E-state index contributed by atoms with van der Waals surface area (Å²) in [5, 5.41) is 0. The molecular formula is C3H9ClMg. The normalized spacial score (nSPS) is 6.00. The molecule has 0 aliphatic rings. The van der Waals surface area contributed by atoms with Gasteiger partial charge in [0.05, 0.1) is 0 Å². The number of halogens is 1. The smallest absolute Gasteiger partial charge is 1.00 e. The minimum Gasteiger partial charge on any atom is -1.00 e. The van der Waals surface area contributed by atoms with Crippen molar-refractivity contribution in [2.75, 3.05) is 5.88 Å². The quantitative estimate of drug-likeness (QED) is 0.350. The van der Waals surface area contributed by atoms with Gasteiger partial charge in [-0.05, 0) is 6.42 Å². The Labute approximate surface area is 57.0 Å². The maximum atomic E-state index is 5.19. The second-order valence-electron chi connectivity index (χ2n) is 0.689. The van der Waals surface area contributed by atoms with Gasteiger partial charge in [0.2, 0.25) is 0 Å². The molecule has 0 radical (unpaired) electrons. The maximum Gasteiger partial charge on any atom is 2.00 e. The molecule has 5 heavy (non-hydrogen) atoms. The summed E-state index contributed by atoms with van der Waals surface area (Å²) in [4.78, 5) is 0. The van der Waals surface area contributed by atoms with E-state index in [2.05, 4.69) is 0 Å². The Kier molecular flexibility index (Phi) is 16.8. The molecule has 0 N–H and O–H groups in total. The molecule has 0 aromatic rings. The van der Waals surface area contributed by atoms with E-state index in [0.717, 1.165) is 12.3 Å². The van der Waals surface area contributed by atoms with Crippen molar-refractivity contribution in [1.82, 2.24) is 0 Å². The molecule has 0 aromatic heterocycles. The van der Waals surface area contributed by atoms with E-state index >= 15 is 0 Å². The third-order valence-electron chi connectivity index (χ3n) is 0.189. The summed E-state index contributed by atoms with van der Waals surface area (Å²) in [5.41, 5.74) is 0. The summed E-state index contributed by atoms with van der Waals surface area (Å²) in [7, 11) is 0. The average Bonchev–Trinajstić information content (AvgIpc) is 1.37. The van der Waals surface area contributed by atoms with Gasteiger partial charge in [0.25, 0.3) is 0 Å². The van der Waals surface area contributed by atoms with Crippen LogP contribution in [0, 0.1) is 0 Å². The van der Waals surface area contributed by atoms with Crippen LogP contribution in [0.2, 0.25) is 0 Å². The second kappa shape index (κ2) is 8.91. The van der Waals surface area contributed by atoms with E-state index in [9.17, 15) is 0 Å². The second-order valence-corrected chi connectivity index (χ2v) is 1.07. The fourth-order valence-electron chi connectivity index (χ4n) is 0. The van der Waals surface area contributed by atoms with Crippen LogP contribution in [0.5, 0.6) is 0 Å². The molecule has 0 atom stereocenters. The van der Waals surface area contributed by atoms with Crippen molar-refractivity contribution in [3.63, 3.8) is 0 Å². The van der Waals surface area contributed by atoms with Gasteiger partial charge < -0.3 is 2.85 Å². The van der Waals surface area contributed by atoms with Crippen molar-refractivity contribution >= 4 is 34.7 Å². The van der Waals surface area contributed by atoms with Crippen molar-refractivity contribution in [3.8, 4) is 0 Å². The SMILES string of the molecule is CCCCl.[H-].[H-].[Mg+2]. The topological polar surface area (TPSA) is 0 Å². The molecule has 0 saturated carbocycles. The zero-order valence-corrected chi connectivity index (χ0v) is 5.67. The van der Waals surface area contributed by atoms with Crippen LogP contribution in [0.15, 0.2) is 0 Å². The number of hydrogen-bond acceptors (Lipinski definition) is 0. The first-order valence-electron chi connectivity index (χ1n) is 1.47. The van der Waals surface area contributed by atoms with E-state index in [1.54, 1.807) is 0 Å². The zero-order valence-electron chi connectivity index (χ0n) is 5.50. The molecule has 0 heterocycles. The van der Waals surface area contributed by atoms with Gasteiger partial charge in [0, 0.05) is 5.88 Å². The van der Waals surface area contributed by atoms with Gasteiger partial charge in [0.1, 0.15) is 0 Å². The van der Waals surface area contributed by atoms with E-state index < -0.39 is 0 Å². The largest absolute Gasteiger partial charge is 2.00 e. The van der Waals surface area contributed by atoms with Gasteiger partial charge in [-0.1, -0.05) is 6.92 Å². The van der Waals surface area contributed by atoms with Crippen LogP contribution in [0.1, 0.15) is 16.2 Å². The monoisotopic (exact) mass is 104 g/mol. The molecule has 0 aliphatic heterocycles. The van der Waals surface area contributed by atoms with E-state index in [4.69, 9.17) is 11.6 Å². The molecule has 0 rings (SSSR count).